The van der Waals surface area contributed by atoms with E-state index in [1.165, 1.54) is 0 Å². The van der Waals surface area contributed by atoms with Gasteiger partial charge in [-0.25, -0.2) is 0 Å². The molecular formula is C8H9ClN2O2. The van der Waals surface area contributed by atoms with Crippen LogP contribution in [0.3, 0.4) is 0 Å². The maximum atomic E-state index is 10.4. The normalized spacial score (nSPS) is 16.1. The van der Waals surface area contributed by atoms with Crippen LogP contribution in [-0.4, -0.2) is 20.9 Å². The lowest BCUT2D eigenvalue weighted by Gasteiger charge is -1.96. The molecule has 1 saturated carbocycles. The molecule has 1 aliphatic rings. The Bertz CT molecular complexity index is 344. The molecule has 1 heterocycles. The first-order valence-electron chi connectivity index (χ1n) is 4.12. The van der Waals surface area contributed by atoms with E-state index in [9.17, 15) is 4.79 Å². The number of hydrogen-bond acceptors (Lipinski definition) is 2. The van der Waals surface area contributed by atoms with Crippen molar-refractivity contribution in [1.82, 2.24) is 9.78 Å². The van der Waals surface area contributed by atoms with E-state index in [0.717, 1.165) is 12.8 Å². The van der Waals surface area contributed by atoms with Crippen molar-refractivity contribution in [2.75, 3.05) is 0 Å². The van der Waals surface area contributed by atoms with Crippen molar-refractivity contribution in [1.29, 1.82) is 0 Å². The summed E-state index contributed by atoms with van der Waals surface area (Å²) < 4.78 is 1.71. The minimum absolute atomic E-state index is 0.0561. The van der Waals surface area contributed by atoms with Gasteiger partial charge in [-0.2, -0.15) is 5.10 Å². The second-order valence-electron chi connectivity index (χ2n) is 3.20. The Hall–Kier alpha value is -1.03. The van der Waals surface area contributed by atoms with Crippen molar-refractivity contribution in [2.45, 2.75) is 25.3 Å². The number of rotatable bonds is 3. The summed E-state index contributed by atoms with van der Waals surface area (Å²) in [5.74, 6) is -0.878. The largest absolute Gasteiger partial charge is 0.481 e. The molecule has 0 spiro atoms. The zero-order valence-corrected chi connectivity index (χ0v) is 7.66. The third-order valence-electron chi connectivity index (χ3n) is 1.97. The Labute approximate surface area is 80.1 Å². The van der Waals surface area contributed by atoms with Gasteiger partial charge in [-0.15, -0.1) is 0 Å². The molecule has 0 aliphatic heterocycles. The van der Waals surface area contributed by atoms with Gasteiger partial charge in [0.2, 0.25) is 0 Å². The predicted molar refractivity (Wildman–Crippen MR) is 46.8 cm³/mol. The Morgan fingerprint density at radius 2 is 2.46 bits per heavy atom. The summed E-state index contributed by atoms with van der Waals surface area (Å²) in [4.78, 5) is 10.4. The molecule has 0 bridgehead atoms. The molecule has 0 saturated heterocycles. The van der Waals surface area contributed by atoms with Crippen molar-refractivity contribution in [2.24, 2.45) is 0 Å². The van der Waals surface area contributed by atoms with Gasteiger partial charge in [0, 0.05) is 0 Å². The number of carbonyl (C=O) groups is 1. The first-order valence-corrected chi connectivity index (χ1v) is 4.50. The lowest BCUT2D eigenvalue weighted by atomic mass is 10.3. The molecule has 5 heteroatoms. The molecule has 0 aromatic carbocycles. The quantitative estimate of drug-likeness (QED) is 0.805. The molecular weight excluding hydrogens is 192 g/mol. The number of hydrogen-bond donors (Lipinski definition) is 1. The van der Waals surface area contributed by atoms with Crippen molar-refractivity contribution in [3.05, 3.63) is 16.9 Å². The SMILES string of the molecule is O=C(O)Cc1cc(Cl)n(C2CC2)n1. The zero-order valence-electron chi connectivity index (χ0n) is 6.90. The average molecular weight is 201 g/mol. The summed E-state index contributed by atoms with van der Waals surface area (Å²) in [5, 5.41) is 13.2. The van der Waals surface area contributed by atoms with Crippen LogP contribution in [0.2, 0.25) is 5.15 Å². The molecule has 1 N–H and O–H groups in total. The summed E-state index contributed by atoms with van der Waals surface area (Å²) in [6.07, 6.45) is 2.13. The van der Waals surface area contributed by atoms with Gasteiger partial charge in [-0.3, -0.25) is 9.48 Å². The van der Waals surface area contributed by atoms with E-state index in [1.807, 2.05) is 0 Å². The second-order valence-corrected chi connectivity index (χ2v) is 3.59. The summed E-state index contributed by atoms with van der Waals surface area (Å²) in [5.41, 5.74) is 0.532. The van der Waals surface area contributed by atoms with Crippen LogP contribution in [-0.2, 0) is 11.2 Å². The van der Waals surface area contributed by atoms with Gasteiger partial charge in [0.1, 0.15) is 5.15 Å². The predicted octanol–water partition coefficient (Wildman–Crippen LogP) is 1.50. The number of aromatic nitrogens is 2. The Kier molecular flexibility index (Phi) is 2.00. The third kappa shape index (κ3) is 1.83. The molecule has 1 aromatic heterocycles. The van der Waals surface area contributed by atoms with Gasteiger partial charge in [-0.05, 0) is 18.9 Å². The second kappa shape index (κ2) is 3.03. The minimum Gasteiger partial charge on any atom is -0.481 e. The summed E-state index contributed by atoms with van der Waals surface area (Å²) in [6.45, 7) is 0. The van der Waals surface area contributed by atoms with Crippen molar-refractivity contribution in [3.8, 4) is 0 Å². The molecule has 2 rings (SSSR count). The van der Waals surface area contributed by atoms with Gasteiger partial charge in [-0.1, -0.05) is 11.6 Å². The van der Waals surface area contributed by atoms with Gasteiger partial charge >= 0.3 is 5.97 Å². The summed E-state index contributed by atoms with van der Waals surface area (Å²) >= 11 is 5.87. The number of carboxylic acids is 1. The van der Waals surface area contributed by atoms with Crippen LogP contribution < -0.4 is 0 Å². The Balaban J connectivity index is 2.19. The van der Waals surface area contributed by atoms with Gasteiger partial charge in [0.15, 0.2) is 0 Å². The standard InChI is InChI=1S/C8H9ClN2O2/c9-7-3-5(4-8(12)13)10-11(7)6-1-2-6/h3,6H,1-2,4H2,(H,12,13). The van der Waals surface area contributed by atoms with E-state index in [0.29, 0.717) is 16.9 Å². The summed E-state index contributed by atoms with van der Waals surface area (Å²) in [7, 11) is 0. The molecule has 1 aromatic rings. The van der Waals surface area contributed by atoms with Crippen molar-refractivity contribution in [3.63, 3.8) is 0 Å². The lowest BCUT2D eigenvalue weighted by molar-refractivity contribution is -0.136. The van der Waals surface area contributed by atoms with Crippen LogP contribution in [0, 0.1) is 0 Å². The van der Waals surface area contributed by atoms with Crippen molar-refractivity contribution >= 4 is 17.6 Å². The van der Waals surface area contributed by atoms with Gasteiger partial charge < -0.3 is 5.11 Å². The lowest BCUT2D eigenvalue weighted by Crippen LogP contribution is -2.02. The fraction of sp³-hybridized carbons (Fsp3) is 0.500. The number of aliphatic carboxylic acids is 1. The highest BCUT2D eigenvalue weighted by atomic mass is 35.5. The maximum absolute atomic E-state index is 10.4. The Morgan fingerprint density at radius 1 is 1.77 bits per heavy atom. The van der Waals surface area contributed by atoms with Crippen LogP contribution in [0.15, 0.2) is 6.07 Å². The highest BCUT2D eigenvalue weighted by Crippen LogP contribution is 2.36. The molecule has 0 unspecified atom stereocenters. The van der Waals surface area contributed by atoms with E-state index in [-0.39, 0.29) is 6.42 Å². The van der Waals surface area contributed by atoms with Crippen LogP contribution >= 0.6 is 11.6 Å². The third-order valence-corrected chi connectivity index (χ3v) is 2.25. The van der Waals surface area contributed by atoms with E-state index < -0.39 is 5.97 Å². The zero-order chi connectivity index (χ0) is 9.42. The fourth-order valence-electron chi connectivity index (χ4n) is 1.24. The van der Waals surface area contributed by atoms with E-state index in [1.54, 1.807) is 10.7 Å². The van der Waals surface area contributed by atoms with Crippen LogP contribution in [0.4, 0.5) is 0 Å². The molecule has 1 fully saturated rings. The molecule has 0 amide bonds. The van der Waals surface area contributed by atoms with Gasteiger partial charge in [0.25, 0.3) is 0 Å². The minimum atomic E-state index is -0.878. The monoisotopic (exact) mass is 200 g/mol. The molecule has 0 radical (unpaired) electrons. The molecule has 1 aliphatic carbocycles. The van der Waals surface area contributed by atoms with Crippen LogP contribution in [0.5, 0.6) is 0 Å². The first-order chi connectivity index (χ1) is 6.16. The van der Waals surface area contributed by atoms with Crippen LogP contribution in [0.1, 0.15) is 24.6 Å². The number of nitrogens with zero attached hydrogens (tertiary/aromatic N) is 2. The van der Waals surface area contributed by atoms with E-state index in [2.05, 4.69) is 5.10 Å². The topological polar surface area (TPSA) is 55.1 Å². The average Bonchev–Trinajstić information content (AvgIpc) is 2.77. The maximum Gasteiger partial charge on any atom is 0.309 e. The highest BCUT2D eigenvalue weighted by Gasteiger charge is 2.26. The molecule has 0 atom stereocenters. The van der Waals surface area contributed by atoms with Crippen LogP contribution in [0.25, 0.3) is 0 Å². The number of halogens is 1. The van der Waals surface area contributed by atoms with Gasteiger partial charge in [0.05, 0.1) is 18.2 Å². The molecule has 4 nitrogen and oxygen atoms in total. The summed E-state index contributed by atoms with van der Waals surface area (Å²) in [6, 6.07) is 2.02. The molecule has 13 heavy (non-hydrogen) atoms. The first kappa shape index (κ1) is 8.56. The van der Waals surface area contributed by atoms with Crippen molar-refractivity contribution < 1.29 is 9.90 Å². The number of carboxylic acid groups (broad SMARTS) is 1. The Morgan fingerprint density at radius 3 is 3.00 bits per heavy atom. The highest BCUT2D eigenvalue weighted by molar-refractivity contribution is 6.29. The van der Waals surface area contributed by atoms with E-state index >= 15 is 0 Å². The molecule has 70 valence electrons. The fourth-order valence-corrected chi connectivity index (χ4v) is 1.54. The smallest absolute Gasteiger partial charge is 0.309 e. The van der Waals surface area contributed by atoms with E-state index in [4.69, 9.17) is 16.7 Å².